The van der Waals surface area contributed by atoms with Gasteiger partial charge in [-0.05, 0) is 30.2 Å². The number of hydrogen-bond donors (Lipinski definition) is 2. The lowest BCUT2D eigenvalue weighted by Gasteiger charge is -1.97. The highest BCUT2D eigenvalue weighted by Crippen LogP contribution is 2.15. The smallest absolute Gasteiger partial charge is 0.0682 e. The van der Waals surface area contributed by atoms with Gasteiger partial charge in [-0.3, -0.25) is 0 Å². The van der Waals surface area contributed by atoms with Crippen LogP contribution < -0.4 is 0 Å². The van der Waals surface area contributed by atoms with Crippen molar-refractivity contribution >= 4 is 24.4 Å². The molecule has 0 aliphatic heterocycles. The molecule has 0 aliphatic rings. The van der Waals surface area contributed by atoms with E-state index in [1.165, 1.54) is 4.90 Å². The molecule has 0 bridgehead atoms. The molecule has 1 aromatic rings. The molecular formula is C9H22O5S2. The van der Waals surface area contributed by atoms with Crippen LogP contribution in [0.5, 0.6) is 0 Å². The molecule has 0 atom stereocenters. The third-order valence-electron chi connectivity index (χ3n) is 1.32. The van der Waals surface area contributed by atoms with Gasteiger partial charge in [-0.1, -0.05) is 12.1 Å². The van der Waals surface area contributed by atoms with Crippen LogP contribution in [-0.2, 0) is 6.61 Å². The summed E-state index contributed by atoms with van der Waals surface area (Å²) in [4.78, 5) is 1.20. The summed E-state index contributed by atoms with van der Waals surface area (Å²) < 4.78 is 0. The van der Waals surface area contributed by atoms with Gasteiger partial charge in [0.1, 0.15) is 0 Å². The Bertz CT molecular complexity index is 204. The van der Waals surface area contributed by atoms with Crippen LogP contribution in [0.1, 0.15) is 5.56 Å². The van der Waals surface area contributed by atoms with Crippen LogP contribution in [0.3, 0.4) is 0 Å². The fourth-order valence-corrected chi connectivity index (χ4v) is 1.25. The average Bonchev–Trinajstić information content (AvgIpc) is 2.21. The second-order valence-electron chi connectivity index (χ2n) is 2.01. The van der Waals surface area contributed by atoms with Gasteiger partial charge >= 0.3 is 0 Å². The Labute approximate surface area is 106 Å². The Morgan fingerprint density at radius 3 is 2.00 bits per heavy atom. The average molecular weight is 274 g/mol. The number of hydrogen-bond acceptors (Lipinski definition) is 3. The highest BCUT2D eigenvalue weighted by atomic mass is 32.2. The van der Waals surface area contributed by atoms with Crippen molar-refractivity contribution in [2.24, 2.45) is 0 Å². The monoisotopic (exact) mass is 274 g/mol. The van der Waals surface area contributed by atoms with Gasteiger partial charge < -0.3 is 27.0 Å². The third-order valence-corrected chi connectivity index (χ3v) is 2.04. The SMILES string of the molecule is CS.CSc1cccc(CO)c1.O.O.O.O. The van der Waals surface area contributed by atoms with Crippen molar-refractivity contribution in [3.05, 3.63) is 29.8 Å². The van der Waals surface area contributed by atoms with Gasteiger partial charge in [0, 0.05) is 4.90 Å². The van der Waals surface area contributed by atoms with Gasteiger partial charge in [0.2, 0.25) is 0 Å². The highest BCUT2D eigenvalue weighted by Gasteiger charge is 1.90. The normalized spacial score (nSPS) is 6.50. The van der Waals surface area contributed by atoms with Crippen LogP contribution >= 0.6 is 24.4 Å². The molecule has 5 nitrogen and oxygen atoms in total. The number of thiol groups is 1. The molecule has 16 heavy (non-hydrogen) atoms. The van der Waals surface area contributed by atoms with Crippen LogP contribution in [-0.4, -0.2) is 39.5 Å². The molecule has 0 amide bonds. The van der Waals surface area contributed by atoms with Gasteiger partial charge in [-0.15, -0.1) is 11.8 Å². The Kier molecular flexibility index (Phi) is 37.4. The second kappa shape index (κ2) is 20.2. The van der Waals surface area contributed by atoms with Crippen molar-refractivity contribution in [2.45, 2.75) is 11.5 Å². The summed E-state index contributed by atoms with van der Waals surface area (Å²) in [6.45, 7) is 0.133. The topological polar surface area (TPSA) is 146 Å². The van der Waals surface area contributed by atoms with E-state index in [0.717, 1.165) is 5.56 Å². The summed E-state index contributed by atoms with van der Waals surface area (Å²) in [6, 6.07) is 7.89. The first-order valence-electron chi connectivity index (χ1n) is 3.55. The minimum absolute atomic E-state index is 0. The zero-order valence-electron chi connectivity index (χ0n) is 9.32. The molecule has 0 aliphatic carbocycles. The lowest BCUT2D eigenvalue weighted by Crippen LogP contribution is -1.81. The minimum atomic E-state index is 0. The van der Waals surface area contributed by atoms with E-state index in [2.05, 4.69) is 12.6 Å². The van der Waals surface area contributed by atoms with E-state index >= 15 is 0 Å². The van der Waals surface area contributed by atoms with Crippen molar-refractivity contribution in [2.75, 3.05) is 12.5 Å². The Balaban J connectivity index is -0.0000000637. The van der Waals surface area contributed by atoms with Gasteiger partial charge in [0.15, 0.2) is 0 Å². The number of thioether (sulfide) groups is 1. The summed E-state index contributed by atoms with van der Waals surface area (Å²) in [6.07, 6.45) is 3.72. The molecule has 0 radical (unpaired) electrons. The molecule has 7 heteroatoms. The van der Waals surface area contributed by atoms with Gasteiger partial charge in [-0.25, -0.2) is 0 Å². The first kappa shape index (κ1) is 29.6. The summed E-state index contributed by atoms with van der Waals surface area (Å²) in [5.41, 5.74) is 0.979. The molecule has 0 saturated carbocycles. The standard InChI is InChI=1S/C8H10OS.CH4S.4H2O/c1-10-8-4-2-3-7(5-8)6-9;1-2;;;;/h2-5,9H,6H2,1H3;2H,1H3;4*1H2. The first-order valence-corrected chi connectivity index (χ1v) is 5.67. The molecule has 0 unspecified atom stereocenters. The molecule has 9 N–H and O–H groups in total. The summed E-state index contributed by atoms with van der Waals surface area (Å²) in [7, 11) is 0. The molecule has 1 aromatic carbocycles. The van der Waals surface area contributed by atoms with Crippen LogP contribution in [0, 0.1) is 0 Å². The van der Waals surface area contributed by atoms with E-state index in [9.17, 15) is 0 Å². The molecule has 0 saturated heterocycles. The molecule has 0 heterocycles. The molecule has 1 rings (SSSR count). The molecule has 0 fully saturated rings. The maximum absolute atomic E-state index is 8.75. The van der Waals surface area contributed by atoms with E-state index < -0.39 is 0 Å². The molecule has 0 spiro atoms. The van der Waals surface area contributed by atoms with Crippen molar-refractivity contribution < 1.29 is 27.0 Å². The maximum Gasteiger partial charge on any atom is 0.0682 e. The van der Waals surface area contributed by atoms with Crippen LogP contribution in [0.2, 0.25) is 0 Å². The van der Waals surface area contributed by atoms with Crippen molar-refractivity contribution in [3.8, 4) is 0 Å². The Hall–Kier alpha value is -0.280. The van der Waals surface area contributed by atoms with E-state index in [4.69, 9.17) is 5.11 Å². The number of rotatable bonds is 2. The number of aliphatic hydroxyl groups is 1. The summed E-state index contributed by atoms with van der Waals surface area (Å²) >= 11 is 5.22. The molecule has 100 valence electrons. The Morgan fingerprint density at radius 2 is 1.62 bits per heavy atom. The van der Waals surface area contributed by atoms with E-state index in [0.29, 0.717) is 0 Å². The maximum atomic E-state index is 8.75. The molecular weight excluding hydrogens is 252 g/mol. The Morgan fingerprint density at radius 1 is 1.12 bits per heavy atom. The fraction of sp³-hybridized carbons (Fsp3) is 0.333. The van der Waals surface area contributed by atoms with E-state index in [1.807, 2.05) is 30.5 Å². The third kappa shape index (κ3) is 11.8. The van der Waals surface area contributed by atoms with Crippen LogP contribution in [0.4, 0.5) is 0 Å². The van der Waals surface area contributed by atoms with E-state index in [-0.39, 0.29) is 28.5 Å². The van der Waals surface area contributed by atoms with Gasteiger partial charge in [0.25, 0.3) is 0 Å². The molecule has 0 aromatic heterocycles. The fourth-order valence-electron chi connectivity index (χ4n) is 0.771. The lowest BCUT2D eigenvalue weighted by atomic mass is 10.2. The zero-order valence-corrected chi connectivity index (χ0v) is 11.0. The summed E-state index contributed by atoms with van der Waals surface area (Å²) in [5, 5.41) is 8.75. The number of benzene rings is 1. The highest BCUT2D eigenvalue weighted by molar-refractivity contribution is 7.98. The van der Waals surface area contributed by atoms with Crippen molar-refractivity contribution in [1.29, 1.82) is 0 Å². The van der Waals surface area contributed by atoms with Gasteiger partial charge in [0.05, 0.1) is 6.61 Å². The largest absolute Gasteiger partial charge is 0.412 e. The van der Waals surface area contributed by atoms with Crippen LogP contribution in [0.15, 0.2) is 29.2 Å². The first-order chi connectivity index (χ1) is 5.86. The minimum Gasteiger partial charge on any atom is -0.412 e. The van der Waals surface area contributed by atoms with E-state index in [1.54, 1.807) is 18.0 Å². The summed E-state index contributed by atoms with van der Waals surface area (Å²) in [5.74, 6) is 0. The number of aliphatic hydroxyl groups excluding tert-OH is 1. The van der Waals surface area contributed by atoms with Crippen LogP contribution in [0.25, 0.3) is 0 Å². The predicted octanol–water partition coefficient (Wildman–Crippen LogP) is -0.852. The quantitative estimate of drug-likeness (QED) is 0.534. The zero-order chi connectivity index (χ0) is 9.40. The lowest BCUT2D eigenvalue weighted by molar-refractivity contribution is 0.281. The predicted molar refractivity (Wildman–Crippen MR) is 73.5 cm³/mol. The van der Waals surface area contributed by atoms with Crippen molar-refractivity contribution in [1.82, 2.24) is 0 Å². The van der Waals surface area contributed by atoms with Crippen molar-refractivity contribution in [3.63, 3.8) is 0 Å². The van der Waals surface area contributed by atoms with Gasteiger partial charge in [-0.2, -0.15) is 12.6 Å². The second-order valence-corrected chi connectivity index (χ2v) is 2.89.